The van der Waals surface area contributed by atoms with Gasteiger partial charge in [-0.25, -0.2) is 4.79 Å². The normalized spacial score (nSPS) is 13.6. The number of hydrogen-bond donors (Lipinski definition) is 1. The van der Waals surface area contributed by atoms with Crippen LogP contribution >= 0.6 is 0 Å². The Balaban J connectivity index is 2.55. The van der Waals surface area contributed by atoms with Crippen LogP contribution in [0.1, 0.15) is 25.5 Å². The number of nitrogens with zero attached hydrogens (tertiary/aromatic N) is 1. The molecule has 1 amide bonds. The number of likely N-dealkylation sites (N-methyl/N-ethyl adjacent to an activating group) is 1. The van der Waals surface area contributed by atoms with Crippen molar-refractivity contribution in [2.24, 2.45) is 0 Å². The molecule has 0 fully saturated rings. The van der Waals surface area contributed by atoms with Crippen molar-refractivity contribution in [1.82, 2.24) is 4.90 Å². The Morgan fingerprint density at radius 2 is 1.84 bits per heavy atom. The van der Waals surface area contributed by atoms with Crippen molar-refractivity contribution < 1.29 is 19.4 Å². The molecule has 0 saturated heterocycles. The molecular formula is C14H19NO4. The van der Waals surface area contributed by atoms with E-state index in [0.717, 1.165) is 5.56 Å². The maximum atomic E-state index is 11.9. The van der Waals surface area contributed by atoms with Gasteiger partial charge in [0.25, 0.3) is 0 Å². The molecule has 0 bridgehead atoms. The summed E-state index contributed by atoms with van der Waals surface area (Å²) in [5.41, 5.74) is 1.02. The van der Waals surface area contributed by atoms with Gasteiger partial charge in [-0.3, -0.25) is 4.79 Å². The van der Waals surface area contributed by atoms with Gasteiger partial charge in [-0.15, -0.1) is 0 Å². The largest absolute Gasteiger partial charge is 0.479 e. The van der Waals surface area contributed by atoms with Gasteiger partial charge in [0.2, 0.25) is 5.91 Å². The van der Waals surface area contributed by atoms with E-state index in [1.54, 1.807) is 11.9 Å². The van der Waals surface area contributed by atoms with Gasteiger partial charge in [-0.1, -0.05) is 30.3 Å². The first kappa shape index (κ1) is 15.2. The number of carbonyl (C=O) groups excluding carboxylic acids is 1. The van der Waals surface area contributed by atoms with E-state index in [4.69, 9.17) is 9.84 Å². The molecule has 1 N–H and O–H groups in total. The molecule has 0 aliphatic heterocycles. The van der Waals surface area contributed by atoms with Crippen molar-refractivity contribution in [1.29, 1.82) is 0 Å². The quantitative estimate of drug-likeness (QED) is 0.850. The molecular weight excluding hydrogens is 246 g/mol. The zero-order valence-electron chi connectivity index (χ0n) is 11.4. The summed E-state index contributed by atoms with van der Waals surface area (Å²) in [6.07, 6.45) is -0.982. The number of ether oxygens (including phenoxy) is 1. The minimum Gasteiger partial charge on any atom is -0.479 e. The highest BCUT2D eigenvalue weighted by Crippen LogP contribution is 2.18. The summed E-state index contributed by atoms with van der Waals surface area (Å²) in [6.45, 7) is 3.07. The van der Waals surface area contributed by atoms with E-state index in [1.807, 2.05) is 37.3 Å². The highest BCUT2D eigenvalue weighted by Gasteiger charge is 2.19. The maximum Gasteiger partial charge on any atom is 0.332 e. The van der Waals surface area contributed by atoms with Gasteiger partial charge in [-0.05, 0) is 19.4 Å². The SMILES string of the molecule is CC(OCC(=O)N(C)C(C)c1ccccc1)C(=O)O. The second-order valence-electron chi connectivity index (χ2n) is 4.38. The van der Waals surface area contributed by atoms with Crippen LogP contribution in [0.15, 0.2) is 30.3 Å². The van der Waals surface area contributed by atoms with E-state index >= 15 is 0 Å². The first-order valence-corrected chi connectivity index (χ1v) is 6.08. The molecule has 19 heavy (non-hydrogen) atoms. The summed E-state index contributed by atoms with van der Waals surface area (Å²) >= 11 is 0. The lowest BCUT2D eigenvalue weighted by Gasteiger charge is -2.25. The van der Waals surface area contributed by atoms with Crippen molar-refractivity contribution in [3.63, 3.8) is 0 Å². The molecule has 0 aromatic heterocycles. The Morgan fingerprint density at radius 1 is 1.26 bits per heavy atom. The molecule has 2 unspecified atom stereocenters. The molecule has 0 radical (unpaired) electrons. The van der Waals surface area contributed by atoms with Crippen LogP contribution in [0, 0.1) is 0 Å². The minimum atomic E-state index is -1.08. The van der Waals surface area contributed by atoms with Gasteiger partial charge in [-0.2, -0.15) is 0 Å². The summed E-state index contributed by atoms with van der Waals surface area (Å²) in [5.74, 6) is -1.32. The molecule has 1 rings (SSSR count). The van der Waals surface area contributed by atoms with Gasteiger partial charge in [0.15, 0.2) is 6.10 Å². The van der Waals surface area contributed by atoms with Crippen LogP contribution in [-0.2, 0) is 14.3 Å². The molecule has 1 aromatic rings. The smallest absolute Gasteiger partial charge is 0.332 e. The van der Waals surface area contributed by atoms with Crippen LogP contribution in [-0.4, -0.2) is 41.6 Å². The highest BCUT2D eigenvalue weighted by atomic mass is 16.5. The lowest BCUT2D eigenvalue weighted by atomic mass is 10.1. The summed E-state index contributed by atoms with van der Waals surface area (Å²) < 4.78 is 4.98. The predicted octanol–water partition coefficient (Wildman–Crippen LogP) is 1.70. The van der Waals surface area contributed by atoms with E-state index in [0.29, 0.717) is 0 Å². The van der Waals surface area contributed by atoms with Gasteiger partial charge >= 0.3 is 5.97 Å². The Morgan fingerprint density at radius 3 is 2.37 bits per heavy atom. The predicted molar refractivity (Wildman–Crippen MR) is 70.7 cm³/mol. The van der Waals surface area contributed by atoms with Gasteiger partial charge in [0.1, 0.15) is 6.61 Å². The number of carboxylic acids is 1. The van der Waals surface area contributed by atoms with E-state index in [1.165, 1.54) is 6.92 Å². The summed E-state index contributed by atoms with van der Waals surface area (Å²) in [4.78, 5) is 24.0. The second kappa shape index (κ2) is 6.89. The van der Waals surface area contributed by atoms with E-state index in [2.05, 4.69) is 0 Å². The second-order valence-corrected chi connectivity index (χ2v) is 4.38. The highest BCUT2D eigenvalue weighted by molar-refractivity contribution is 5.78. The van der Waals surface area contributed by atoms with E-state index in [-0.39, 0.29) is 18.6 Å². The molecule has 0 spiro atoms. The lowest BCUT2D eigenvalue weighted by Crippen LogP contribution is -2.34. The van der Waals surface area contributed by atoms with E-state index < -0.39 is 12.1 Å². The number of hydrogen-bond acceptors (Lipinski definition) is 3. The zero-order chi connectivity index (χ0) is 14.4. The number of amides is 1. The standard InChI is InChI=1S/C14H19NO4/c1-10(12-7-5-4-6-8-12)15(3)13(16)9-19-11(2)14(17)18/h4-8,10-11H,9H2,1-3H3,(H,17,18). The molecule has 0 aliphatic carbocycles. The molecule has 5 heteroatoms. The zero-order valence-corrected chi connectivity index (χ0v) is 11.4. The van der Waals surface area contributed by atoms with Crippen LogP contribution < -0.4 is 0 Å². The fraction of sp³-hybridized carbons (Fsp3) is 0.429. The molecule has 5 nitrogen and oxygen atoms in total. The fourth-order valence-electron chi connectivity index (χ4n) is 1.54. The average molecular weight is 265 g/mol. The first-order valence-electron chi connectivity index (χ1n) is 6.08. The molecule has 0 heterocycles. The van der Waals surface area contributed by atoms with Gasteiger partial charge in [0, 0.05) is 7.05 Å². The van der Waals surface area contributed by atoms with Crippen LogP contribution in [0.3, 0.4) is 0 Å². The van der Waals surface area contributed by atoms with Crippen molar-refractivity contribution in [3.05, 3.63) is 35.9 Å². The van der Waals surface area contributed by atoms with Crippen LogP contribution in [0.25, 0.3) is 0 Å². The third-order valence-electron chi connectivity index (χ3n) is 3.06. The number of rotatable bonds is 6. The van der Waals surface area contributed by atoms with Crippen LogP contribution in [0.2, 0.25) is 0 Å². The maximum absolute atomic E-state index is 11.9. The number of aliphatic carboxylic acids is 1. The topological polar surface area (TPSA) is 66.8 Å². The monoisotopic (exact) mass is 265 g/mol. The number of carbonyl (C=O) groups is 2. The van der Waals surface area contributed by atoms with Crippen molar-refractivity contribution >= 4 is 11.9 Å². The van der Waals surface area contributed by atoms with Crippen molar-refractivity contribution in [2.75, 3.05) is 13.7 Å². The lowest BCUT2D eigenvalue weighted by molar-refractivity contribution is -0.153. The molecule has 0 aliphatic rings. The summed E-state index contributed by atoms with van der Waals surface area (Å²) in [5, 5.41) is 8.67. The Bertz CT molecular complexity index is 432. The van der Waals surface area contributed by atoms with Gasteiger partial charge in [0.05, 0.1) is 6.04 Å². The Labute approximate surface area is 112 Å². The molecule has 2 atom stereocenters. The molecule has 0 saturated carbocycles. The molecule has 104 valence electrons. The third-order valence-corrected chi connectivity index (χ3v) is 3.06. The Kier molecular flexibility index (Phi) is 5.51. The average Bonchev–Trinajstić information content (AvgIpc) is 2.43. The number of benzene rings is 1. The Hall–Kier alpha value is -1.88. The van der Waals surface area contributed by atoms with E-state index in [9.17, 15) is 9.59 Å². The van der Waals surface area contributed by atoms with Crippen molar-refractivity contribution in [3.8, 4) is 0 Å². The minimum absolute atomic E-state index is 0.0857. The van der Waals surface area contributed by atoms with Crippen LogP contribution in [0.4, 0.5) is 0 Å². The van der Waals surface area contributed by atoms with Crippen molar-refractivity contribution in [2.45, 2.75) is 26.0 Å². The molecule has 1 aromatic carbocycles. The summed E-state index contributed by atoms with van der Waals surface area (Å²) in [6, 6.07) is 9.53. The van der Waals surface area contributed by atoms with Crippen LogP contribution in [0.5, 0.6) is 0 Å². The summed E-state index contributed by atoms with van der Waals surface area (Å²) in [7, 11) is 1.68. The van der Waals surface area contributed by atoms with Gasteiger partial charge < -0.3 is 14.7 Å². The third kappa shape index (κ3) is 4.37. The number of carboxylic acid groups (broad SMARTS) is 1. The fourth-order valence-corrected chi connectivity index (χ4v) is 1.54. The first-order chi connectivity index (χ1) is 8.93.